The second-order valence-corrected chi connectivity index (χ2v) is 8.90. The van der Waals surface area contributed by atoms with E-state index in [2.05, 4.69) is 30.1 Å². The molecule has 0 aliphatic rings. The Balaban J connectivity index is 1.81. The van der Waals surface area contributed by atoms with E-state index in [0.29, 0.717) is 17.8 Å². The highest BCUT2D eigenvalue weighted by molar-refractivity contribution is 7.86. The summed E-state index contributed by atoms with van der Waals surface area (Å²) in [6.07, 6.45) is 3.63. The Morgan fingerprint density at radius 3 is 2.78 bits per heavy atom. The number of nitrogens with zero attached hydrogens (tertiary/aromatic N) is 3. The molecule has 1 atom stereocenters. The van der Waals surface area contributed by atoms with Crippen LogP contribution in [0.5, 0.6) is 0 Å². The standard InChI is InChI=1S/C21H26F2N6O2S/c1-4-10-32(31)28-17-8-7-15(22)18(19(17)23)21(30)25-13-11-14-16(6-5-9-29(2)3)26-27-20(14)24-12-13/h7-8,11-12,28H,4-6,9-10H2,1-3H3,(H,25,30)(H,24,26,27). The monoisotopic (exact) mass is 464 g/mol. The van der Waals surface area contributed by atoms with Crippen molar-refractivity contribution in [2.45, 2.75) is 26.2 Å². The number of halogens is 2. The zero-order valence-electron chi connectivity index (χ0n) is 18.2. The largest absolute Gasteiger partial charge is 0.320 e. The van der Waals surface area contributed by atoms with E-state index in [1.165, 1.54) is 6.20 Å². The first-order valence-corrected chi connectivity index (χ1v) is 11.5. The van der Waals surface area contributed by atoms with E-state index in [0.717, 1.165) is 42.6 Å². The summed E-state index contributed by atoms with van der Waals surface area (Å²) in [5.74, 6) is -2.79. The van der Waals surface area contributed by atoms with Crippen LogP contribution in [0.2, 0.25) is 0 Å². The zero-order chi connectivity index (χ0) is 23.3. The highest BCUT2D eigenvalue weighted by Gasteiger charge is 2.22. The molecule has 2 aromatic heterocycles. The third-order valence-electron chi connectivity index (χ3n) is 4.71. The molecule has 11 heteroatoms. The third kappa shape index (κ3) is 5.65. The molecule has 3 rings (SSSR count). The summed E-state index contributed by atoms with van der Waals surface area (Å²) in [5, 5.41) is 10.3. The normalized spacial score (nSPS) is 12.3. The highest BCUT2D eigenvalue weighted by atomic mass is 32.2. The number of nitrogens with one attached hydrogen (secondary N) is 3. The number of amides is 1. The third-order valence-corrected chi connectivity index (χ3v) is 5.94. The fraction of sp³-hybridized carbons (Fsp3) is 0.381. The lowest BCUT2D eigenvalue weighted by atomic mass is 10.1. The van der Waals surface area contributed by atoms with Crippen molar-refractivity contribution in [1.82, 2.24) is 20.1 Å². The molecule has 0 spiro atoms. The molecule has 2 heterocycles. The lowest BCUT2D eigenvalue weighted by Crippen LogP contribution is -2.18. The van der Waals surface area contributed by atoms with Crippen molar-refractivity contribution in [2.24, 2.45) is 0 Å². The van der Waals surface area contributed by atoms with Gasteiger partial charge in [-0.1, -0.05) is 6.92 Å². The van der Waals surface area contributed by atoms with Crippen LogP contribution in [0.3, 0.4) is 0 Å². The van der Waals surface area contributed by atoms with Crippen molar-refractivity contribution in [2.75, 3.05) is 36.4 Å². The van der Waals surface area contributed by atoms with Gasteiger partial charge >= 0.3 is 0 Å². The van der Waals surface area contributed by atoms with Crippen LogP contribution in [0, 0.1) is 11.6 Å². The molecule has 0 aliphatic carbocycles. The van der Waals surface area contributed by atoms with Crippen molar-refractivity contribution >= 4 is 39.3 Å². The average molecular weight is 465 g/mol. The lowest BCUT2D eigenvalue weighted by Gasteiger charge is -2.11. The van der Waals surface area contributed by atoms with Crippen molar-refractivity contribution in [3.63, 3.8) is 0 Å². The molecule has 0 aliphatic heterocycles. The van der Waals surface area contributed by atoms with Gasteiger partial charge in [0.05, 0.1) is 17.6 Å². The minimum absolute atomic E-state index is 0.199. The number of carbonyl (C=O) groups excluding carboxylic acids is 1. The van der Waals surface area contributed by atoms with Crippen LogP contribution in [0.4, 0.5) is 20.2 Å². The number of aromatic amines is 1. The van der Waals surface area contributed by atoms with Crippen LogP contribution in [0.25, 0.3) is 11.0 Å². The molecule has 1 unspecified atom stereocenters. The number of anilines is 2. The molecular formula is C21H26F2N6O2S. The molecule has 172 valence electrons. The first kappa shape index (κ1) is 23.7. The first-order valence-electron chi connectivity index (χ1n) is 10.2. The summed E-state index contributed by atoms with van der Waals surface area (Å²) in [6, 6.07) is 3.75. The Kier molecular flexibility index (Phi) is 7.86. The van der Waals surface area contributed by atoms with E-state index in [1.54, 1.807) is 6.07 Å². The number of H-pyrrole nitrogens is 1. The van der Waals surface area contributed by atoms with Crippen LogP contribution >= 0.6 is 0 Å². The van der Waals surface area contributed by atoms with Gasteiger partial charge in [0.25, 0.3) is 5.91 Å². The second-order valence-electron chi connectivity index (χ2n) is 7.59. The second kappa shape index (κ2) is 10.6. The van der Waals surface area contributed by atoms with Crippen molar-refractivity contribution in [3.05, 3.63) is 47.3 Å². The molecule has 1 amide bonds. The summed E-state index contributed by atoms with van der Waals surface area (Å²) < 4.78 is 43.5. The van der Waals surface area contributed by atoms with Gasteiger partial charge < -0.3 is 14.9 Å². The SMILES string of the molecule is CCCS(=O)Nc1ccc(F)c(C(=O)Nc2cnc3n[nH]c(CCCN(C)C)c3c2)c1F. The van der Waals surface area contributed by atoms with Gasteiger partial charge in [0.1, 0.15) is 22.4 Å². The van der Waals surface area contributed by atoms with Crippen molar-refractivity contribution in [1.29, 1.82) is 0 Å². The fourth-order valence-corrected chi connectivity index (χ4v) is 4.05. The molecule has 8 nitrogen and oxygen atoms in total. The predicted octanol–water partition coefficient (Wildman–Crippen LogP) is 3.47. The maximum atomic E-state index is 14.8. The molecule has 0 fully saturated rings. The minimum atomic E-state index is -1.53. The Morgan fingerprint density at radius 1 is 1.28 bits per heavy atom. The minimum Gasteiger partial charge on any atom is -0.320 e. The number of hydrogen-bond acceptors (Lipinski definition) is 5. The summed E-state index contributed by atoms with van der Waals surface area (Å²) >= 11 is 0. The van der Waals surface area contributed by atoms with Crippen LogP contribution < -0.4 is 10.0 Å². The molecule has 0 radical (unpaired) electrons. The van der Waals surface area contributed by atoms with Crippen LogP contribution in [-0.2, 0) is 17.4 Å². The van der Waals surface area contributed by atoms with E-state index in [9.17, 15) is 17.8 Å². The lowest BCUT2D eigenvalue weighted by molar-refractivity contribution is 0.101. The van der Waals surface area contributed by atoms with E-state index >= 15 is 0 Å². The van der Waals surface area contributed by atoms with Gasteiger partial charge in [0, 0.05) is 16.8 Å². The fourth-order valence-electron chi connectivity index (χ4n) is 3.17. The van der Waals surface area contributed by atoms with Gasteiger partial charge in [-0.3, -0.25) is 9.89 Å². The molecule has 3 N–H and O–H groups in total. The number of aryl methyl sites for hydroxylation is 1. The summed E-state index contributed by atoms with van der Waals surface area (Å²) in [7, 11) is 2.45. The summed E-state index contributed by atoms with van der Waals surface area (Å²) in [4.78, 5) is 19.0. The number of fused-ring (bicyclic) bond motifs is 1. The van der Waals surface area contributed by atoms with Crippen molar-refractivity contribution < 1.29 is 17.8 Å². The summed E-state index contributed by atoms with van der Waals surface area (Å²) in [6.45, 7) is 2.73. The van der Waals surface area contributed by atoms with Crippen LogP contribution in [-0.4, -0.2) is 56.6 Å². The van der Waals surface area contributed by atoms with Crippen LogP contribution in [0.1, 0.15) is 35.8 Å². The molecule has 1 aromatic carbocycles. The number of pyridine rings is 1. The molecule has 32 heavy (non-hydrogen) atoms. The number of aromatic nitrogens is 3. The smallest absolute Gasteiger partial charge is 0.261 e. The number of rotatable bonds is 10. The number of benzene rings is 1. The molecular weight excluding hydrogens is 438 g/mol. The quantitative estimate of drug-likeness (QED) is 0.426. The predicted molar refractivity (Wildman–Crippen MR) is 122 cm³/mol. The van der Waals surface area contributed by atoms with Gasteiger partial charge in [0.15, 0.2) is 11.5 Å². The Morgan fingerprint density at radius 2 is 2.06 bits per heavy atom. The maximum absolute atomic E-state index is 14.8. The van der Waals surface area contributed by atoms with E-state index in [1.807, 2.05) is 21.0 Å². The van der Waals surface area contributed by atoms with Gasteiger partial charge in [-0.25, -0.2) is 18.0 Å². The first-order chi connectivity index (χ1) is 15.3. The van der Waals surface area contributed by atoms with Gasteiger partial charge in [-0.15, -0.1) is 0 Å². The maximum Gasteiger partial charge on any atom is 0.261 e. The molecule has 0 bridgehead atoms. The zero-order valence-corrected chi connectivity index (χ0v) is 19.0. The van der Waals surface area contributed by atoms with Crippen molar-refractivity contribution in [3.8, 4) is 0 Å². The van der Waals surface area contributed by atoms with E-state index < -0.39 is 34.1 Å². The van der Waals surface area contributed by atoms with E-state index in [4.69, 9.17) is 0 Å². The van der Waals surface area contributed by atoms with Crippen LogP contribution in [0.15, 0.2) is 24.4 Å². The van der Waals surface area contributed by atoms with Gasteiger partial charge in [0.2, 0.25) is 0 Å². The average Bonchev–Trinajstić information content (AvgIpc) is 3.12. The Bertz CT molecular complexity index is 1130. The molecule has 3 aromatic rings. The Labute approximate surface area is 187 Å². The van der Waals surface area contributed by atoms with Gasteiger partial charge in [-0.05, 0) is 58.1 Å². The topological polar surface area (TPSA) is 103 Å². The number of hydrogen-bond donors (Lipinski definition) is 3. The molecule has 0 saturated heterocycles. The highest BCUT2D eigenvalue weighted by Crippen LogP contribution is 2.24. The van der Waals surface area contributed by atoms with Gasteiger partial charge in [-0.2, -0.15) is 5.10 Å². The number of carbonyl (C=O) groups is 1. The molecule has 0 saturated carbocycles. The van der Waals surface area contributed by atoms with E-state index in [-0.39, 0.29) is 11.4 Å². The summed E-state index contributed by atoms with van der Waals surface area (Å²) in [5.41, 5.74) is 0.679. The Hall–Kier alpha value is -2.92.